The Morgan fingerprint density at radius 2 is 1.80 bits per heavy atom. The number of carbonyl (C=O) groups excluding carboxylic acids is 3. The number of hydrazone groups is 1. The molecule has 41 heavy (non-hydrogen) atoms. The van der Waals surface area contributed by atoms with Crippen molar-refractivity contribution in [2.45, 2.75) is 26.4 Å². The van der Waals surface area contributed by atoms with E-state index in [2.05, 4.69) is 22.5 Å². The monoisotopic (exact) mass is 600 g/mol. The molecule has 0 bridgehead atoms. The molecule has 0 spiro atoms. The van der Waals surface area contributed by atoms with Crippen LogP contribution in [0.1, 0.15) is 25.8 Å². The molecule has 1 saturated heterocycles. The maximum atomic E-state index is 13.6. The van der Waals surface area contributed by atoms with Gasteiger partial charge in [0.05, 0.1) is 22.0 Å². The van der Waals surface area contributed by atoms with Crippen LogP contribution in [0.25, 0.3) is 0 Å². The highest BCUT2D eigenvalue weighted by molar-refractivity contribution is 6.33. The Morgan fingerprint density at radius 1 is 1.22 bits per heavy atom. The Kier molecular flexibility index (Phi) is 11.1. The average Bonchev–Trinajstić information content (AvgIpc) is 2.93. The highest BCUT2D eigenvalue weighted by Gasteiger charge is 2.33. The molecule has 1 aliphatic heterocycles. The molecule has 1 fully saturated rings. The fourth-order valence-electron chi connectivity index (χ4n) is 3.95. The molecule has 1 aromatic rings. The second-order valence-corrected chi connectivity index (χ2v) is 9.25. The largest absolute Gasteiger partial charge is 0.504 e. The second kappa shape index (κ2) is 13.9. The van der Waals surface area contributed by atoms with Crippen molar-refractivity contribution in [3.05, 3.63) is 51.6 Å². The number of nitrogens with one attached hydrogen (secondary N) is 3. The standard InChI is InChI=1S/C25H32ClF3N8O4/c1-5-17(32-3)21(35-8-10-36(11-9-35)23(40)20(31)22(39)14(2)30)24(41)37(33-4)13-19(38)34-18-7-6-15(12-16(18)26)25(27,28)29/h6-7,12,30,32,39H,4-5,8-11,13,31H2,1-3H3,(H,34,38)/b21-17+,22-20+,30-14?. The molecule has 224 valence electrons. The van der Waals surface area contributed by atoms with Gasteiger partial charge < -0.3 is 36.7 Å². The summed E-state index contributed by atoms with van der Waals surface area (Å²) in [7, 11) is 1.62. The van der Waals surface area contributed by atoms with E-state index in [0.29, 0.717) is 18.2 Å². The van der Waals surface area contributed by atoms with Crippen molar-refractivity contribution in [2.24, 2.45) is 10.8 Å². The molecule has 1 aliphatic rings. The Morgan fingerprint density at radius 3 is 2.27 bits per heavy atom. The number of nitrogens with zero attached hydrogens (tertiary/aromatic N) is 4. The van der Waals surface area contributed by atoms with Crippen molar-refractivity contribution in [2.75, 3.05) is 45.1 Å². The number of anilines is 1. The van der Waals surface area contributed by atoms with Crippen LogP contribution in [0.2, 0.25) is 5.02 Å². The van der Waals surface area contributed by atoms with Crippen LogP contribution >= 0.6 is 11.6 Å². The second-order valence-electron chi connectivity index (χ2n) is 8.84. The number of hydrogen-bond donors (Lipinski definition) is 5. The smallest absolute Gasteiger partial charge is 0.416 e. The summed E-state index contributed by atoms with van der Waals surface area (Å²) in [6.45, 7) is 6.49. The highest BCUT2D eigenvalue weighted by Crippen LogP contribution is 2.33. The minimum absolute atomic E-state index is 0.0836. The molecule has 0 radical (unpaired) electrons. The van der Waals surface area contributed by atoms with Crippen LogP contribution in [0.4, 0.5) is 18.9 Å². The number of alkyl halides is 3. The Hall–Kier alpha value is -4.27. The van der Waals surface area contributed by atoms with Crippen LogP contribution in [0.3, 0.4) is 0 Å². The molecular formula is C25H32ClF3N8O4. The van der Waals surface area contributed by atoms with E-state index in [1.165, 1.54) is 11.8 Å². The lowest BCUT2D eigenvalue weighted by molar-refractivity contribution is -0.137. The third-order valence-electron chi connectivity index (χ3n) is 6.14. The number of halogens is 4. The number of allylic oxidation sites excluding steroid dienone is 2. The van der Waals surface area contributed by atoms with Gasteiger partial charge in [0.2, 0.25) is 5.91 Å². The number of carbonyl (C=O) groups is 3. The fraction of sp³-hybridized carbons (Fsp3) is 0.400. The molecule has 0 aromatic heterocycles. The SMILES string of the molecule is C=NN(CC(=O)Nc1ccc(C(F)(F)F)cc1Cl)C(=O)/C(=C(/CC)NC)N1CCN(C(=O)/C(N)=C(\O)C(C)=N)CC1. The number of aliphatic hydroxyl groups excluding tert-OH is 1. The first-order chi connectivity index (χ1) is 19.2. The molecule has 0 unspecified atom stereocenters. The average molecular weight is 601 g/mol. The summed E-state index contributed by atoms with van der Waals surface area (Å²) in [5.74, 6) is -2.73. The van der Waals surface area contributed by atoms with E-state index in [-0.39, 0.29) is 48.3 Å². The van der Waals surface area contributed by atoms with Crippen molar-refractivity contribution >= 4 is 47.4 Å². The third kappa shape index (κ3) is 8.13. The fourth-order valence-corrected chi connectivity index (χ4v) is 4.18. The summed E-state index contributed by atoms with van der Waals surface area (Å²) < 4.78 is 38.7. The van der Waals surface area contributed by atoms with Crippen LogP contribution in [-0.2, 0) is 20.6 Å². The molecule has 3 amide bonds. The van der Waals surface area contributed by atoms with E-state index in [9.17, 15) is 32.7 Å². The van der Waals surface area contributed by atoms with E-state index in [1.54, 1.807) is 18.9 Å². The van der Waals surface area contributed by atoms with E-state index in [4.69, 9.17) is 22.7 Å². The molecule has 16 heteroatoms. The van der Waals surface area contributed by atoms with Gasteiger partial charge in [-0.1, -0.05) is 18.5 Å². The van der Waals surface area contributed by atoms with Crippen molar-refractivity contribution in [1.82, 2.24) is 20.1 Å². The van der Waals surface area contributed by atoms with E-state index in [0.717, 1.165) is 17.1 Å². The van der Waals surface area contributed by atoms with Gasteiger partial charge in [-0.05, 0) is 31.5 Å². The summed E-state index contributed by atoms with van der Waals surface area (Å²) in [5, 5.41) is 26.8. The number of benzene rings is 1. The maximum absolute atomic E-state index is 13.6. The number of hydrogen-bond acceptors (Lipinski definition) is 9. The molecule has 1 aromatic carbocycles. The lowest BCUT2D eigenvalue weighted by Gasteiger charge is -2.38. The zero-order chi connectivity index (χ0) is 31.1. The zero-order valence-corrected chi connectivity index (χ0v) is 23.5. The molecule has 2 rings (SSSR count). The third-order valence-corrected chi connectivity index (χ3v) is 6.45. The summed E-state index contributed by atoms with van der Waals surface area (Å²) in [4.78, 5) is 42.0. The van der Waals surface area contributed by atoms with Crippen LogP contribution in [0.15, 0.2) is 46.2 Å². The normalized spacial score (nSPS) is 14.9. The number of aliphatic hydroxyl groups is 1. The molecule has 0 atom stereocenters. The van der Waals surface area contributed by atoms with E-state index in [1.807, 2.05) is 0 Å². The number of amides is 3. The molecule has 12 nitrogen and oxygen atoms in total. The summed E-state index contributed by atoms with van der Waals surface area (Å²) in [5.41, 5.74) is 4.63. The lowest BCUT2D eigenvalue weighted by atomic mass is 10.1. The van der Waals surface area contributed by atoms with Gasteiger partial charge >= 0.3 is 6.18 Å². The first-order valence-corrected chi connectivity index (χ1v) is 12.7. The first-order valence-electron chi connectivity index (χ1n) is 12.3. The number of nitrogens with two attached hydrogens (primary N) is 1. The Labute approximate surface area is 239 Å². The molecule has 6 N–H and O–H groups in total. The van der Waals surface area contributed by atoms with Gasteiger partial charge in [-0.25, -0.2) is 5.01 Å². The van der Waals surface area contributed by atoms with Gasteiger partial charge in [-0.3, -0.25) is 14.4 Å². The molecule has 0 saturated carbocycles. The predicted octanol–water partition coefficient (Wildman–Crippen LogP) is 2.49. The molecular weight excluding hydrogens is 569 g/mol. The summed E-state index contributed by atoms with van der Waals surface area (Å²) in [6.07, 6.45) is -4.21. The minimum atomic E-state index is -4.61. The topological polar surface area (TPSA) is 167 Å². The summed E-state index contributed by atoms with van der Waals surface area (Å²) >= 11 is 5.91. The van der Waals surface area contributed by atoms with Crippen molar-refractivity contribution in [3.8, 4) is 0 Å². The van der Waals surface area contributed by atoms with Crippen molar-refractivity contribution in [3.63, 3.8) is 0 Å². The van der Waals surface area contributed by atoms with Crippen LogP contribution in [-0.4, -0.2) is 89.8 Å². The van der Waals surface area contributed by atoms with Crippen LogP contribution in [0.5, 0.6) is 0 Å². The minimum Gasteiger partial charge on any atom is -0.504 e. The predicted molar refractivity (Wildman–Crippen MR) is 148 cm³/mol. The highest BCUT2D eigenvalue weighted by atomic mass is 35.5. The van der Waals surface area contributed by atoms with Crippen molar-refractivity contribution in [1.29, 1.82) is 5.41 Å². The quantitative estimate of drug-likeness (QED) is 0.119. The van der Waals surface area contributed by atoms with Gasteiger partial charge in [0.1, 0.15) is 17.9 Å². The van der Waals surface area contributed by atoms with Crippen LogP contribution < -0.4 is 16.4 Å². The van der Waals surface area contributed by atoms with Crippen LogP contribution in [0, 0.1) is 5.41 Å². The van der Waals surface area contributed by atoms with Gasteiger partial charge in [0, 0.05) is 45.6 Å². The molecule has 0 aliphatic carbocycles. The number of piperazine rings is 1. The number of rotatable bonds is 10. The Balaban J connectivity index is 2.21. The van der Waals surface area contributed by atoms with Gasteiger partial charge in [0.15, 0.2) is 5.76 Å². The summed E-state index contributed by atoms with van der Waals surface area (Å²) in [6, 6.07) is 2.44. The molecule has 1 heterocycles. The zero-order valence-electron chi connectivity index (χ0n) is 22.7. The lowest BCUT2D eigenvalue weighted by Crippen LogP contribution is -2.52. The Bertz CT molecular complexity index is 1270. The van der Waals surface area contributed by atoms with Gasteiger partial charge in [0.25, 0.3) is 11.8 Å². The first kappa shape index (κ1) is 32.9. The van der Waals surface area contributed by atoms with E-state index >= 15 is 0 Å². The van der Waals surface area contributed by atoms with E-state index < -0.39 is 47.5 Å². The van der Waals surface area contributed by atoms with Gasteiger partial charge in [-0.15, -0.1) is 0 Å². The van der Waals surface area contributed by atoms with Crippen molar-refractivity contribution < 1.29 is 32.7 Å². The maximum Gasteiger partial charge on any atom is 0.416 e. The van der Waals surface area contributed by atoms with Gasteiger partial charge in [-0.2, -0.15) is 18.3 Å².